The van der Waals surface area contributed by atoms with Gasteiger partial charge in [-0.15, -0.1) is 0 Å². The Balaban J connectivity index is 2.20. The van der Waals surface area contributed by atoms with Gasteiger partial charge in [-0.2, -0.15) is 0 Å². The number of hydrogen-bond donors (Lipinski definition) is 1. The number of carbonyl (C=O) groups is 1. The molecule has 0 radical (unpaired) electrons. The lowest BCUT2D eigenvalue weighted by Crippen LogP contribution is -2.39. The third-order valence-electron chi connectivity index (χ3n) is 3.98. The minimum Gasteiger partial charge on any atom is -0.496 e. The van der Waals surface area contributed by atoms with Crippen LogP contribution in [-0.4, -0.2) is 25.7 Å². The van der Waals surface area contributed by atoms with Crippen LogP contribution < -0.4 is 10.1 Å². The van der Waals surface area contributed by atoms with Gasteiger partial charge in [0, 0.05) is 11.6 Å². The Bertz CT molecular complexity index is 455. The van der Waals surface area contributed by atoms with Crippen molar-refractivity contribution in [2.75, 3.05) is 13.7 Å². The summed E-state index contributed by atoms with van der Waals surface area (Å²) in [6, 6.07) is 7.56. The first kappa shape index (κ1) is 15.8. The van der Waals surface area contributed by atoms with Crippen LogP contribution in [0.1, 0.15) is 50.6 Å². The molecule has 1 aromatic carbocycles. The molecular weight excluding hydrogens is 266 g/mol. The van der Waals surface area contributed by atoms with Gasteiger partial charge in [0.2, 0.25) is 0 Å². The summed E-state index contributed by atoms with van der Waals surface area (Å²) < 4.78 is 10.6. The lowest BCUT2D eigenvalue weighted by Gasteiger charge is -2.28. The fourth-order valence-electron chi connectivity index (χ4n) is 2.92. The Morgan fingerprint density at radius 1 is 1.29 bits per heavy atom. The topological polar surface area (TPSA) is 47.6 Å². The number of carbonyl (C=O) groups excluding carboxylic acids is 1. The predicted octanol–water partition coefficient (Wildman–Crippen LogP) is 3.22. The van der Waals surface area contributed by atoms with Crippen molar-refractivity contribution in [2.45, 2.75) is 51.1 Å². The third kappa shape index (κ3) is 4.21. The Morgan fingerprint density at radius 3 is 2.67 bits per heavy atom. The predicted molar refractivity (Wildman–Crippen MR) is 82.4 cm³/mol. The number of esters is 1. The zero-order valence-corrected chi connectivity index (χ0v) is 12.9. The van der Waals surface area contributed by atoms with Crippen molar-refractivity contribution < 1.29 is 14.3 Å². The van der Waals surface area contributed by atoms with E-state index in [4.69, 9.17) is 9.47 Å². The maximum Gasteiger partial charge on any atom is 0.327 e. The lowest BCUT2D eigenvalue weighted by molar-refractivity contribution is -0.146. The zero-order valence-electron chi connectivity index (χ0n) is 12.9. The first-order valence-electron chi connectivity index (χ1n) is 7.81. The summed E-state index contributed by atoms with van der Waals surface area (Å²) in [5.41, 5.74) is 0.851. The second-order valence-electron chi connectivity index (χ2n) is 5.43. The molecule has 0 bridgehead atoms. The number of para-hydroxylation sites is 1. The van der Waals surface area contributed by atoms with E-state index in [9.17, 15) is 4.79 Å². The molecule has 0 aromatic heterocycles. The van der Waals surface area contributed by atoms with Crippen molar-refractivity contribution in [2.24, 2.45) is 0 Å². The van der Waals surface area contributed by atoms with Crippen LogP contribution in [-0.2, 0) is 9.53 Å². The molecule has 1 aromatic rings. The van der Waals surface area contributed by atoms with Gasteiger partial charge >= 0.3 is 5.97 Å². The second-order valence-corrected chi connectivity index (χ2v) is 5.43. The molecule has 116 valence electrons. The van der Waals surface area contributed by atoms with Crippen molar-refractivity contribution in [3.8, 4) is 5.75 Å². The molecule has 1 saturated carbocycles. The van der Waals surface area contributed by atoms with Crippen molar-refractivity contribution >= 4 is 5.97 Å². The summed E-state index contributed by atoms with van der Waals surface area (Å²) in [5.74, 6) is 0.492. The SMILES string of the molecule is CCOC(=O)C(NC1CCCCC1)c1ccccc1OC. The average Bonchev–Trinajstić information content (AvgIpc) is 2.54. The molecule has 0 spiro atoms. The van der Waals surface area contributed by atoms with E-state index in [1.165, 1.54) is 19.3 Å². The van der Waals surface area contributed by atoms with E-state index in [0.29, 0.717) is 12.6 Å². The van der Waals surface area contributed by atoms with Gasteiger partial charge in [-0.3, -0.25) is 5.32 Å². The Kier molecular flexibility index (Phi) is 6.05. The van der Waals surface area contributed by atoms with Gasteiger partial charge in [-0.05, 0) is 25.8 Å². The Hall–Kier alpha value is -1.55. The monoisotopic (exact) mass is 291 g/mol. The van der Waals surface area contributed by atoms with E-state index in [-0.39, 0.29) is 5.97 Å². The van der Waals surface area contributed by atoms with E-state index in [1.54, 1.807) is 7.11 Å². The van der Waals surface area contributed by atoms with Crippen LogP contribution in [0.4, 0.5) is 0 Å². The summed E-state index contributed by atoms with van der Waals surface area (Å²) in [6.45, 7) is 2.22. The summed E-state index contributed by atoms with van der Waals surface area (Å²) in [7, 11) is 1.63. The van der Waals surface area contributed by atoms with Gasteiger partial charge in [-0.25, -0.2) is 4.79 Å². The molecule has 4 nitrogen and oxygen atoms in total. The zero-order chi connectivity index (χ0) is 15.1. The number of hydrogen-bond acceptors (Lipinski definition) is 4. The van der Waals surface area contributed by atoms with Gasteiger partial charge in [0.1, 0.15) is 11.8 Å². The van der Waals surface area contributed by atoms with Gasteiger partial charge in [-0.1, -0.05) is 37.5 Å². The highest BCUT2D eigenvalue weighted by atomic mass is 16.5. The standard InChI is InChI=1S/C17H25NO3/c1-3-21-17(19)16(18-13-9-5-4-6-10-13)14-11-7-8-12-15(14)20-2/h7-8,11-13,16,18H,3-6,9-10H2,1-2H3. The molecule has 0 heterocycles. The largest absolute Gasteiger partial charge is 0.496 e. The number of ether oxygens (including phenoxy) is 2. The van der Waals surface area contributed by atoms with E-state index >= 15 is 0 Å². The van der Waals surface area contributed by atoms with E-state index in [0.717, 1.165) is 24.2 Å². The Morgan fingerprint density at radius 2 is 2.00 bits per heavy atom. The Labute approximate surface area is 126 Å². The van der Waals surface area contributed by atoms with Crippen LogP contribution in [0.2, 0.25) is 0 Å². The lowest BCUT2D eigenvalue weighted by atomic mass is 9.94. The number of benzene rings is 1. The van der Waals surface area contributed by atoms with Crippen molar-refractivity contribution in [3.63, 3.8) is 0 Å². The molecule has 0 aliphatic heterocycles. The summed E-state index contributed by atoms with van der Waals surface area (Å²) in [5, 5.41) is 3.48. The minimum absolute atomic E-state index is 0.229. The third-order valence-corrected chi connectivity index (χ3v) is 3.98. The first-order valence-corrected chi connectivity index (χ1v) is 7.81. The smallest absolute Gasteiger partial charge is 0.327 e. The van der Waals surface area contributed by atoms with Crippen LogP contribution in [0.3, 0.4) is 0 Å². The highest BCUT2D eigenvalue weighted by Crippen LogP contribution is 2.28. The fraction of sp³-hybridized carbons (Fsp3) is 0.588. The highest BCUT2D eigenvalue weighted by Gasteiger charge is 2.28. The van der Waals surface area contributed by atoms with Gasteiger partial charge in [0.15, 0.2) is 0 Å². The molecule has 2 rings (SSSR count). The number of rotatable bonds is 6. The van der Waals surface area contributed by atoms with E-state index in [2.05, 4.69) is 5.32 Å². The van der Waals surface area contributed by atoms with Crippen LogP contribution in [0.15, 0.2) is 24.3 Å². The van der Waals surface area contributed by atoms with Crippen molar-refractivity contribution in [3.05, 3.63) is 29.8 Å². The quantitative estimate of drug-likeness (QED) is 0.818. The molecule has 1 aliphatic carbocycles. The molecule has 21 heavy (non-hydrogen) atoms. The molecule has 4 heteroatoms. The van der Waals surface area contributed by atoms with Crippen LogP contribution >= 0.6 is 0 Å². The number of nitrogens with one attached hydrogen (secondary N) is 1. The molecule has 0 amide bonds. The van der Waals surface area contributed by atoms with E-state index in [1.807, 2.05) is 31.2 Å². The van der Waals surface area contributed by atoms with Gasteiger partial charge in [0.25, 0.3) is 0 Å². The van der Waals surface area contributed by atoms with Gasteiger partial charge in [0.05, 0.1) is 13.7 Å². The van der Waals surface area contributed by atoms with Crippen LogP contribution in [0.5, 0.6) is 5.75 Å². The van der Waals surface area contributed by atoms with Crippen molar-refractivity contribution in [1.82, 2.24) is 5.32 Å². The maximum absolute atomic E-state index is 12.3. The summed E-state index contributed by atoms with van der Waals surface area (Å²) >= 11 is 0. The summed E-state index contributed by atoms with van der Waals surface area (Å²) in [6.07, 6.45) is 5.96. The molecule has 1 fully saturated rings. The molecule has 1 atom stereocenters. The second kappa shape index (κ2) is 8.03. The fourth-order valence-corrected chi connectivity index (χ4v) is 2.92. The first-order chi connectivity index (χ1) is 10.3. The molecular formula is C17H25NO3. The molecule has 1 aliphatic rings. The van der Waals surface area contributed by atoms with Crippen LogP contribution in [0.25, 0.3) is 0 Å². The summed E-state index contributed by atoms with van der Waals surface area (Å²) in [4.78, 5) is 12.3. The minimum atomic E-state index is -0.454. The molecule has 0 saturated heterocycles. The number of methoxy groups -OCH3 is 1. The molecule has 1 N–H and O–H groups in total. The van der Waals surface area contributed by atoms with Crippen LogP contribution in [0, 0.1) is 0 Å². The average molecular weight is 291 g/mol. The normalized spacial score (nSPS) is 17.2. The van der Waals surface area contributed by atoms with E-state index < -0.39 is 6.04 Å². The van der Waals surface area contributed by atoms with Gasteiger partial charge < -0.3 is 9.47 Å². The maximum atomic E-state index is 12.3. The molecule has 1 unspecified atom stereocenters. The van der Waals surface area contributed by atoms with Crippen molar-refractivity contribution in [1.29, 1.82) is 0 Å². The highest BCUT2D eigenvalue weighted by molar-refractivity contribution is 5.78.